The van der Waals surface area contributed by atoms with Gasteiger partial charge in [-0.1, -0.05) is 0 Å². The summed E-state index contributed by atoms with van der Waals surface area (Å²) in [6.07, 6.45) is 6.85. The molecule has 3 N–H and O–H groups in total. The SMILES string of the molecule is CCNC(=O)Nc1cc(C)c(C(=O)NCC[C@@H](C)N2CCC(N(Cc3cnccc3C)c3ccc(OC)cc3)CC2)c(C)c1. The summed E-state index contributed by atoms with van der Waals surface area (Å²) in [6.45, 7) is 14.1. The topological polar surface area (TPSA) is 98.8 Å². The summed E-state index contributed by atoms with van der Waals surface area (Å²) in [6, 6.07) is 14.7. The van der Waals surface area contributed by atoms with Crippen molar-refractivity contribution >= 4 is 23.3 Å². The fraction of sp³-hybridized carbons (Fsp3) is 0.457. The monoisotopic (exact) mass is 600 g/mol. The van der Waals surface area contributed by atoms with E-state index in [0.29, 0.717) is 36.4 Å². The van der Waals surface area contributed by atoms with Crippen LogP contribution in [0, 0.1) is 20.8 Å². The number of benzene rings is 2. The minimum atomic E-state index is -0.251. The van der Waals surface area contributed by atoms with E-state index >= 15 is 0 Å². The van der Waals surface area contributed by atoms with E-state index in [1.807, 2.05) is 57.4 Å². The molecule has 0 unspecified atom stereocenters. The van der Waals surface area contributed by atoms with E-state index < -0.39 is 0 Å². The van der Waals surface area contributed by atoms with Crippen LogP contribution in [0.5, 0.6) is 5.75 Å². The molecule has 3 aromatic rings. The zero-order chi connectivity index (χ0) is 31.6. The Morgan fingerprint density at radius 2 is 1.70 bits per heavy atom. The van der Waals surface area contributed by atoms with E-state index in [2.05, 4.69) is 62.8 Å². The molecule has 4 rings (SSSR count). The largest absolute Gasteiger partial charge is 0.497 e. The highest BCUT2D eigenvalue weighted by molar-refractivity contribution is 5.98. The lowest BCUT2D eigenvalue weighted by atomic mass is 9.98. The minimum absolute atomic E-state index is 0.0729. The number of nitrogens with zero attached hydrogens (tertiary/aromatic N) is 3. The Balaban J connectivity index is 1.31. The second-order valence-electron chi connectivity index (χ2n) is 11.8. The third-order valence-electron chi connectivity index (χ3n) is 8.66. The number of amides is 3. The van der Waals surface area contributed by atoms with Gasteiger partial charge in [0.05, 0.1) is 7.11 Å². The van der Waals surface area contributed by atoms with Crippen molar-refractivity contribution in [1.29, 1.82) is 0 Å². The number of hydrogen-bond acceptors (Lipinski definition) is 6. The minimum Gasteiger partial charge on any atom is -0.497 e. The van der Waals surface area contributed by atoms with E-state index in [9.17, 15) is 9.59 Å². The molecule has 1 atom stereocenters. The van der Waals surface area contributed by atoms with Crippen molar-refractivity contribution < 1.29 is 14.3 Å². The van der Waals surface area contributed by atoms with Crippen LogP contribution in [0.2, 0.25) is 0 Å². The van der Waals surface area contributed by atoms with E-state index in [0.717, 1.165) is 55.8 Å². The Labute approximate surface area is 262 Å². The molecule has 0 spiro atoms. The standard InChI is InChI=1S/C35H48N6O3/c1-7-37-35(43)39-29-20-25(3)33(26(4)21-29)34(42)38-17-13-27(5)40-18-14-31(15-19-40)41(23-28-22-36-16-12-24(28)2)30-8-10-32(44-6)11-9-30/h8-12,16,20-22,27,31H,7,13-15,17-19,23H2,1-6H3,(H,38,42)(H2,37,39,43)/t27-/m1/s1. The average molecular weight is 601 g/mol. The summed E-state index contributed by atoms with van der Waals surface area (Å²) in [5.41, 5.74) is 6.72. The normalized spacial score (nSPS) is 14.5. The second kappa shape index (κ2) is 15.6. The third kappa shape index (κ3) is 8.50. The number of methoxy groups -OCH3 is 1. The van der Waals surface area contributed by atoms with E-state index in [1.54, 1.807) is 7.11 Å². The Bertz CT molecular complexity index is 1380. The lowest BCUT2D eigenvalue weighted by Gasteiger charge is -2.42. The number of pyridine rings is 1. The van der Waals surface area contributed by atoms with Crippen LogP contribution in [0.3, 0.4) is 0 Å². The van der Waals surface area contributed by atoms with Gasteiger partial charge in [-0.3, -0.25) is 9.78 Å². The fourth-order valence-electron chi connectivity index (χ4n) is 6.08. The Morgan fingerprint density at radius 1 is 1.02 bits per heavy atom. The Hall–Kier alpha value is -4.11. The number of ether oxygens (including phenoxy) is 1. The molecule has 2 heterocycles. The molecule has 2 aromatic carbocycles. The smallest absolute Gasteiger partial charge is 0.319 e. The molecule has 0 radical (unpaired) electrons. The van der Waals surface area contributed by atoms with Crippen LogP contribution in [-0.2, 0) is 6.54 Å². The quantitative estimate of drug-likeness (QED) is 0.242. The van der Waals surface area contributed by atoms with Gasteiger partial charge < -0.3 is 30.5 Å². The number of piperidine rings is 1. The van der Waals surface area contributed by atoms with Crippen LogP contribution in [0.4, 0.5) is 16.2 Å². The van der Waals surface area contributed by atoms with E-state index in [-0.39, 0.29) is 11.9 Å². The number of nitrogens with one attached hydrogen (secondary N) is 3. The van der Waals surface area contributed by atoms with Crippen LogP contribution in [-0.4, -0.2) is 67.2 Å². The molecule has 1 aliphatic rings. The maximum Gasteiger partial charge on any atom is 0.319 e. The molecule has 1 fully saturated rings. The predicted octanol–water partition coefficient (Wildman–Crippen LogP) is 5.84. The summed E-state index contributed by atoms with van der Waals surface area (Å²) in [5, 5.41) is 8.68. The van der Waals surface area contributed by atoms with E-state index in [1.165, 1.54) is 16.8 Å². The van der Waals surface area contributed by atoms with Gasteiger partial charge in [-0.2, -0.15) is 0 Å². The van der Waals surface area contributed by atoms with Gasteiger partial charge in [0.25, 0.3) is 5.91 Å². The van der Waals surface area contributed by atoms with Crippen molar-refractivity contribution in [1.82, 2.24) is 20.5 Å². The molecule has 9 heteroatoms. The number of aromatic nitrogens is 1. The van der Waals surface area contributed by atoms with Crippen LogP contribution in [0.25, 0.3) is 0 Å². The van der Waals surface area contributed by atoms with E-state index in [4.69, 9.17) is 4.74 Å². The van der Waals surface area contributed by atoms with Gasteiger partial charge in [-0.15, -0.1) is 0 Å². The van der Waals surface area contributed by atoms with Gasteiger partial charge in [0.1, 0.15) is 5.75 Å². The lowest BCUT2D eigenvalue weighted by molar-refractivity contribution is 0.0944. The number of rotatable bonds is 12. The number of urea groups is 1. The number of likely N-dealkylation sites (tertiary alicyclic amines) is 1. The van der Waals surface area contributed by atoms with Gasteiger partial charge >= 0.3 is 6.03 Å². The molecule has 236 valence electrons. The highest BCUT2D eigenvalue weighted by Crippen LogP contribution is 2.29. The zero-order valence-corrected chi connectivity index (χ0v) is 27.1. The van der Waals surface area contributed by atoms with Gasteiger partial charge in [0.2, 0.25) is 0 Å². The van der Waals surface area contributed by atoms with Crippen LogP contribution < -0.4 is 25.6 Å². The maximum absolute atomic E-state index is 13.1. The maximum atomic E-state index is 13.1. The van der Waals surface area contributed by atoms with Crippen LogP contribution in [0.1, 0.15) is 65.7 Å². The first-order valence-electron chi connectivity index (χ1n) is 15.7. The van der Waals surface area contributed by atoms with Crippen molar-refractivity contribution in [3.63, 3.8) is 0 Å². The van der Waals surface area contributed by atoms with Crippen LogP contribution in [0.15, 0.2) is 54.9 Å². The molecular weight excluding hydrogens is 552 g/mol. The number of anilines is 2. The number of carbonyl (C=O) groups excluding carboxylic acids is 2. The summed E-state index contributed by atoms with van der Waals surface area (Å²) >= 11 is 0. The first-order valence-corrected chi connectivity index (χ1v) is 15.7. The fourth-order valence-corrected chi connectivity index (χ4v) is 6.08. The molecule has 1 saturated heterocycles. The lowest BCUT2D eigenvalue weighted by Crippen LogP contribution is -2.48. The Morgan fingerprint density at radius 3 is 2.32 bits per heavy atom. The summed E-state index contributed by atoms with van der Waals surface area (Å²) in [7, 11) is 1.70. The summed E-state index contributed by atoms with van der Waals surface area (Å²) < 4.78 is 5.40. The molecule has 0 aliphatic carbocycles. The molecule has 44 heavy (non-hydrogen) atoms. The van der Waals surface area contributed by atoms with Crippen LogP contribution >= 0.6 is 0 Å². The number of aryl methyl sites for hydroxylation is 3. The Kier molecular flexibility index (Phi) is 11.6. The van der Waals surface area contributed by atoms with Crippen molar-refractivity contribution in [3.05, 3.63) is 82.7 Å². The molecule has 3 amide bonds. The van der Waals surface area contributed by atoms with Gasteiger partial charge in [-0.25, -0.2) is 4.79 Å². The predicted molar refractivity (Wildman–Crippen MR) is 178 cm³/mol. The third-order valence-corrected chi connectivity index (χ3v) is 8.66. The molecule has 1 aromatic heterocycles. The number of carbonyl (C=O) groups is 2. The highest BCUT2D eigenvalue weighted by Gasteiger charge is 2.28. The van der Waals surface area contributed by atoms with Crippen molar-refractivity contribution in [2.45, 2.75) is 72.5 Å². The molecule has 0 saturated carbocycles. The number of hydrogen-bond donors (Lipinski definition) is 3. The zero-order valence-electron chi connectivity index (χ0n) is 27.1. The molecule has 0 bridgehead atoms. The highest BCUT2D eigenvalue weighted by atomic mass is 16.5. The molecule has 9 nitrogen and oxygen atoms in total. The second-order valence-corrected chi connectivity index (χ2v) is 11.8. The van der Waals surface area contributed by atoms with Crippen molar-refractivity contribution in [2.75, 3.05) is 43.5 Å². The molecular formula is C35H48N6O3. The molecule has 1 aliphatic heterocycles. The summed E-state index contributed by atoms with van der Waals surface area (Å²) in [4.78, 5) is 34.5. The van der Waals surface area contributed by atoms with Gasteiger partial charge in [-0.05, 0) is 119 Å². The summed E-state index contributed by atoms with van der Waals surface area (Å²) in [5.74, 6) is 0.786. The first-order chi connectivity index (χ1) is 21.2. The van der Waals surface area contributed by atoms with Gasteiger partial charge in [0, 0.05) is 74.1 Å². The first kappa shape index (κ1) is 32.8. The van der Waals surface area contributed by atoms with Crippen molar-refractivity contribution in [3.8, 4) is 5.75 Å². The van der Waals surface area contributed by atoms with Gasteiger partial charge in [0.15, 0.2) is 0 Å². The average Bonchev–Trinajstić information content (AvgIpc) is 3.00. The van der Waals surface area contributed by atoms with Crippen molar-refractivity contribution in [2.24, 2.45) is 0 Å².